The maximum absolute atomic E-state index is 14.0. The molecule has 0 bridgehead atoms. The highest BCUT2D eigenvalue weighted by atomic mass is 32.2. The van der Waals surface area contributed by atoms with Gasteiger partial charge < -0.3 is 26.0 Å². The Morgan fingerprint density at radius 2 is 1.79 bits per heavy atom. The van der Waals surface area contributed by atoms with Gasteiger partial charge in [-0.05, 0) is 62.1 Å². The number of nitrogens with two attached hydrogens (primary N) is 1. The summed E-state index contributed by atoms with van der Waals surface area (Å²) < 4.78 is 67.7. The van der Waals surface area contributed by atoms with E-state index in [1.807, 2.05) is 6.07 Å². The van der Waals surface area contributed by atoms with Gasteiger partial charge in [0.15, 0.2) is 0 Å². The molecule has 2 aromatic rings. The Morgan fingerprint density at radius 3 is 2.40 bits per heavy atom. The Labute approximate surface area is 271 Å². The number of alkyl halides is 3. The lowest BCUT2D eigenvalue weighted by molar-refractivity contribution is -0.144. The summed E-state index contributed by atoms with van der Waals surface area (Å²) in [6, 6.07) is 9.82. The second kappa shape index (κ2) is 15.7. The smallest absolute Gasteiger partial charge is 0.451 e. The Morgan fingerprint density at radius 1 is 1.11 bits per heavy atom. The molecular formula is C30H39F3N8O5S. The van der Waals surface area contributed by atoms with Crippen molar-refractivity contribution >= 4 is 33.5 Å². The molecule has 256 valence electrons. The highest BCUT2D eigenvalue weighted by Crippen LogP contribution is 2.34. The van der Waals surface area contributed by atoms with Crippen molar-refractivity contribution in [3.63, 3.8) is 0 Å². The molecule has 1 aromatic heterocycles. The van der Waals surface area contributed by atoms with E-state index in [1.165, 1.54) is 6.07 Å². The van der Waals surface area contributed by atoms with E-state index in [-0.39, 0.29) is 42.3 Å². The van der Waals surface area contributed by atoms with Crippen LogP contribution in [0.4, 0.5) is 24.8 Å². The van der Waals surface area contributed by atoms with Gasteiger partial charge in [-0.3, -0.25) is 9.59 Å². The summed E-state index contributed by atoms with van der Waals surface area (Å²) in [6.07, 6.45) is -1.78. The van der Waals surface area contributed by atoms with Crippen LogP contribution in [-0.2, 0) is 32.2 Å². The van der Waals surface area contributed by atoms with Gasteiger partial charge in [0.2, 0.25) is 21.8 Å². The van der Waals surface area contributed by atoms with Gasteiger partial charge in [-0.2, -0.15) is 22.7 Å². The molecule has 13 nitrogen and oxygen atoms in total. The minimum absolute atomic E-state index is 0.00105. The molecule has 47 heavy (non-hydrogen) atoms. The summed E-state index contributed by atoms with van der Waals surface area (Å²) in [4.78, 5) is 35.3. The summed E-state index contributed by atoms with van der Waals surface area (Å²) in [6.45, 7) is 0.570. The molecule has 2 aliphatic rings. The number of sulfonamides is 1. The number of piperidine rings is 1. The van der Waals surface area contributed by atoms with Crippen molar-refractivity contribution in [3.8, 4) is 6.07 Å². The molecule has 1 amide bonds. The zero-order valence-electron chi connectivity index (χ0n) is 25.8. The summed E-state index contributed by atoms with van der Waals surface area (Å²) in [5.74, 6) is -3.12. The molecule has 2 aliphatic heterocycles. The molecule has 4 rings (SSSR count). The first-order valence-electron chi connectivity index (χ1n) is 15.4. The van der Waals surface area contributed by atoms with Crippen LogP contribution in [0.1, 0.15) is 49.1 Å². The predicted molar refractivity (Wildman–Crippen MR) is 167 cm³/mol. The van der Waals surface area contributed by atoms with E-state index in [4.69, 9.17) is 16.1 Å². The Bertz CT molecular complexity index is 1540. The van der Waals surface area contributed by atoms with E-state index in [0.717, 1.165) is 9.87 Å². The van der Waals surface area contributed by atoms with Crippen molar-refractivity contribution in [3.05, 3.63) is 47.3 Å². The zero-order valence-corrected chi connectivity index (χ0v) is 26.6. The molecule has 1 aromatic carbocycles. The molecule has 2 saturated heterocycles. The first-order valence-corrected chi connectivity index (χ1v) is 17.1. The van der Waals surface area contributed by atoms with Crippen molar-refractivity contribution in [2.45, 2.75) is 50.7 Å². The van der Waals surface area contributed by atoms with E-state index < -0.39 is 40.6 Å². The van der Waals surface area contributed by atoms with Gasteiger partial charge in [0, 0.05) is 45.3 Å². The average Bonchev–Trinajstić information content (AvgIpc) is 3.53. The number of halogens is 3. The number of anilines is 2. The topological polar surface area (TPSA) is 186 Å². The van der Waals surface area contributed by atoms with E-state index in [9.17, 15) is 31.2 Å². The fourth-order valence-electron chi connectivity index (χ4n) is 5.89. The van der Waals surface area contributed by atoms with E-state index in [1.54, 1.807) is 34.1 Å². The standard InChI is InChI=1S/C30H39F3N8O5S/c31-30(32,33)29-37-25(39-14-8-22(9-15-39)10-16-40(20-27(42)43)47(45,46)17-11-34)18-26(38-29)41-13-1-2-24(41)28(44)36-12-7-21-3-5-23(19-35)6-4-21/h3-6,18,22,24H,1-2,7-17,20,34H2,(H,36,44)(H,42,43). The third kappa shape index (κ3) is 9.75. The van der Waals surface area contributed by atoms with E-state index >= 15 is 0 Å². The van der Waals surface area contributed by atoms with Crippen molar-refractivity contribution in [2.24, 2.45) is 11.7 Å². The first-order chi connectivity index (χ1) is 22.3. The fraction of sp³-hybridized carbons (Fsp3) is 0.567. The molecule has 0 saturated carbocycles. The van der Waals surface area contributed by atoms with E-state index in [0.29, 0.717) is 70.3 Å². The van der Waals surface area contributed by atoms with Gasteiger partial charge in [0.25, 0.3) is 0 Å². The average molecular weight is 681 g/mol. The van der Waals surface area contributed by atoms with Gasteiger partial charge in [-0.25, -0.2) is 18.4 Å². The number of nitriles is 1. The minimum atomic E-state index is -4.82. The fourth-order valence-corrected chi connectivity index (χ4v) is 7.13. The van der Waals surface area contributed by atoms with Crippen LogP contribution in [0.15, 0.2) is 30.3 Å². The first kappa shape index (κ1) is 35.8. The second-order valence-corrected chi connectivity index (χ2v) is 13.7. The van der Waals surface area contributed by atoms with Gasteiger partial charge in [0.1, 0.15) is 24.2 Å². The quantitative estimate of drug-likeness (QED) is 0.265. The van der Waals surface area contributed by atoms with Gasteiger partial charge in [-0.15, -0.1) is 0 Å². The van der Waals surface area contributed by atoms with Crippen molar-refractivity contribution in [1.29, 1.82) is 5.26 Å². The number of carboxylic acid groups (broad SMARTS) is 1. The number of aliphatic carboxylic acids is 1. The molecular weight excluding hydrogens is 641 g/mol. The number of carboxylic acids is 1. The lowest BCUT2D eigenvalue weighted by Crippen LogP contribution is -2.44. The molecule has 2 fully saturated rings. The summed E-state index contributed by atoms with van der Waals surface area (Å²) in [7, 11) is -3.83. The third-order valence-electron chi connectivity index (χ3n) is 8.40. The minimum Gasteiger partial charge on any atom is -0.480 e. The number of hydrogen-bond acceptors (Lipinski definition) is 10. The molecule has 3 heterocycles. The van der Waals surface area contributed by atoms with Crippen LogP contribution in [0.5, 0.6) is 0 Å². The highest BCUT2D eigenvalue weighted by molar-refractivity contribution is 7.89. The molecule has 4 N–H and O–H groups in total. The summed E-state index contributed by atoms with van der Waals surface area (Å²) in [5, 5.41) is 21.0. The predicted octanol–water partition coefficient (Wildman–Crippen LogP) is 1.98. The van der Waals surface area contributed by atoms with Crippen LogP contribution in [0.2, 0.25) is 0 Å². The summed E-state index contributed by atoms with van der Waals surface area (Å²) in [5.41, 5.74) is 6.84. The maximum Gasteiger partial charge on any atom is 0.451 e. The van der Waals surface area contributed by atoms with Crippen LogP contribution in [0.3, 0.4) is 0 Å². The van der Waals surface area contributed by atoms with Gasteiger partial charge in [0.05, 0.1) is 17.4 Å². The largest absolute Gasteiger partial charge is 0.480 e. The number of amides is 1. The normalized spacial score (nSPS) is 17.6. The van der Waals surface area contributed by atoms with Gasteiger partial charge in [-0.1, -0.05) is 12.1 Å². The second-order valence-electron chi connectivity index (χ2n) is 11.7. The van der Waals surface area contributed by atoms with Crippen LogP contribution < -0.4 is 20.9 Å². The van der Waals surface area contributed by atoms with Crippen molar-refractivity contribution < 1.29 is 36.3 Å². The number of carbonyl (C=O) groups is 2. The number of hydrogen-bond donors (Lipinski definition) is 3. The Hall–Kier alpha value is -4.01. The highest BCUT2D eigenvalue weighted by Gasteiger charge is 2.39. The van der Waals surface area contributed by atoms with Crippen LogP contribution in [-0.4, -0.2) is 97.3 Å². The molecule has 1 atom stereocenters. The molecule has 17 heteroatoms. The summed E-state index contributed by atoms with van der Waals surface area (Å²) >= 11 is 0. The van der Waals surface area contributed by atoms with Crippen LogP contribution >= 0.6 is 0 Å². The van der Waals surface area contributed by atoms with Crippen molar-refractivity contribution in [1.82, 2.24) is 19.6 Å². The van der Waals surface area contributed by atoms with E-state index in [2.05, 4.69) is 15.3 Å². The number of nitrogens with one attached hydrogen (secondary N) is 1. The molecule has 0 spiro atoms. The third-order valence-corrected chi connectivity index (χ3v) is 10.3. The lowest BCUT2D eigenvalue weighted by atomic mass is 9.93. The van der Waals surface area contributed by atoms with Gasteiger partial charge >= 0.3 is 12.1 Å². The molecule has 0 radical (unpaired) electrons. The number of aromatic nitrogens is 2. The molecule has 1 unspecified atom stereocenters. The molecule has 0 aliphatic carbocycles. The number of nitrogens with zero attached hydrogens (tertiary/aromatic N) is 6. The zero-order chi connectivity index (χ0) is 34.2. The lowest BCUT2D eigenvalue weighted by Gasteiger charge is -2.34. The number of carbonyl (C=O) groups excluding carboxylic acids is 1. The van der Waals surface area contributed by atoms with Crippen LogP contribution in [0, 0.1) is 17.2 Å². The van der Waals surface area contributed by atoms with Crippen LogP contribution in [0.25, 0.3) is 0 Å². The number of benzene rings is 1. The van der Waals surface area contributed by atoms with Crippen molar-refractivity contribution in [2.75, 3.05) is 61.4 Å². The monoisotopic (exact) mass is 680 g/mol. The number of rotatable bonds is 14. The SMILES string of the molecule is N#Cc1ccc(CCNC(=O)C2CCCN2c2cc(N3CCC(CCN(CC(=O)O)S(=O)(=O)CCN)CC3)nc(C(F)(F)F)n2)cc1. The maximum atomic E-state index is 14.0. The Kier molecular flexibility index (Phi) is 12.0. The Balaban J connectivity index is 1.41.